The van der Waals surface area contributed by atoms with Crippen molar-refractivity contribution in [3.8, 4) is 11.5 Å². The van der Waals surface area contributed by atoms with Crippen LogP contribution in [0.15, 0.2) is 12.1 Å². The van der Waals surface area contributed by atoms with Crippen LogP contribution in [-0.4, -0.2) is 27.8 Å². The van der Waals surface area contributed by atoms with Gasteiger partial charge in [0.05, 0.1) is 27.8 Å². The lowest BCUT2D eigenvalue weighted by atomic mass is 9.98. The van der Waals surface area contributed by atoms with Crippen molar-refractivity contribution in [2.75, 3.05) is 27.8 Å². The Morgan fingerprint density at radius 1 is 1.19 bits per heavy atom. The van der Waals surface area contributed by atoms with E-state index in [0.29, 0.717) is 0 Å². The van der Waals surface area contributed by atoms with Crippen molar-refractivity contribution in [2.45, 2.75) is 13.0 Å². The molecule has 1 aliphatic rings. The van der Waals surface area contributed by atoms with Gasteiger partial charge in [-0.25, -0.2) is 0 Å². The molecule has 4 heteroatoms. The quantitative estimate of drug-likeness (QED) is 0.610. The van der Waals surface area contributed by atoms with Crippen LogP contribution in [0.5, 0.6) is 11.5 Å². The van der Waals surface area contributed by atoms with Gasteiger partial charge >= 0.3 is 0 Å². The van der Waals surface area contributed by atoms with Gasteiger partial charge in [-0.15, -0.1) is 0 Å². The minimum atomic E-state index is 0. The molecule has 1 heterocycles. The standard InChI is InChI=1S/C12H17NO2.ClH/c1-13-7-6-10-9(8-13)4-5-11(14-2)12(10)15-3;/h4-5H,6-8H2,1-3H3;1H. The Hall–Kier alpha value is -0.930. The van der Waals surface area contributed by atoms with Gasteiger partial charge in [0.25, 0.3) is 0 Å². The average molecular weight is 244 g/mol. The SMILES string of the molecule is COc1ccc2c(c1OC)CC[NH+](C)C2.[Cl-]. The van der Waals surface area contributed by atoms with E-state index < -0.39 is 0 Å². The number of ether oxygens (including phenoxy) is 2. The third-order valence-electron chi connectivity index (χ3n) is 3.04. The maximum Gasteiger partial charge on any atom is 0.164 e. The highest BCUT2D eigenvalue weighted by Crippen LogP contribution is 2.34. The molecule has 1 N–H and O–H groups in total. The second-order valence-electron chi connectivity index (χ2n) is 4.07. The van der Waals surface area contributed by atoms with Crippen molar-refractivity contribution in [1.29, 1.82) is 0 Å². The van der Waals surface area contributed by atoms with Crippen LogP contribution < -0.4 is 26.8 Å². The molecule has 1 aromatic carbocycles. The van der Waals surface area contributed by atoms with E-state index in [2.05, 4.69) is 13.1 Å². The van der Waals surface area contributed by atoms with Gasteiger partial charge in [0, 0.05) is 17.5 Å². The van der Waals surface area contributed by atoms with E-state index in [0.717, 1.165) is 31.0 Å². The van der Waals surface area contributed by atoms with Crippen LogP contribution in [0.1, 0.15) is 11.1 Å². The number of rotatable bonds is 2. The molecule has 1 aromatic rings. The van der Waals surface area contributed by atoms with E-state index in [4.69, 9.17) is 9.47 Å². The zero-order valence-electron chi connectivity index (χ0n) is 9.97. The topological polar surface area (TPSA) is 22.9 Å². The zero-order valence-corrected chi connectivity index (χ0v) is 10.7. The molecule has 0 saturated carbocycles. The molecule has 3 nitrogen and oxygen atoms in total. The van der Waals surface area contributed by atoms with Crippen LogP contribution in [0.4, 0.5) is 0 Å². The van der Waals surface area contributed by atoms with Crippen molar-refractivity contribution in [2.24, 2.45) is 0 Å². The number of benzene rings is 1. The fourth-order valence-electron chi connectivity index (χ4n) is 2.22. The highest BCUT2D eigenvalue weighted by atomic mass is 35.5. The van der Waals surface area contributed by atoms with E-state index in [1.165, 1.54) is 11.1 Å². The highest BCUT2D eigenvalue weighted by molar-refractivity contribution is 5.51. The molecule has 0 fully saturated rings. The highest BCUT2D eigenvalue weighted by Gasteiger charge is 2.22. The summed E-state index contributed by atoms with van der Waals surface area (Å²) < 4.78 is 10.7. The molecule has 0 radical (unpaired) electrons. The number of fused-ring (bicyclic) bond motifs is 1. The Balaban J connectivity index is 0.00000128. The lowest BCUT2D eigenvalue weighted by molar-refractivity contribution is -0.895. The van der Waals surface area contributed by atoms with Crippen molar-refractivity contribution in [1.82, 2.24) is 0 Å². The molecule has 0 amide bonds. The maximum absolute atomic E-state index is 5.44. The van der Waals surface area contributed by atoms with E-state index in [1.807, 2.05) is 6.07 Å². The van der Waals surface area contributed by atoms with Crippen LogP contribution >= 0.6 is 0 Å². The Kier molecular flexibility index (Phi) is 4.44. The zero-order chi connectivity index (χ0) is 10.8. The predicted octanol–water partition coefficient (Wildman–Crippen LogP) is -2.72. The summed E-state index contributed by atoms with van der Waals surface area (Å²) in [6, 6.07) is 4.15. The molecule has 1 atom stereocenters. The molecule has 0 bridgehead atoms. The average Bonchev–Trinajstić information content (AvgIpc) is 2.27. The van der Waals surface area contributed by atoms with E-state index >= 15 is 0 Å². The molecular weight excluding hydrogens is 226 g/mol. The van der Waals surface area contributed by atoms with Crippen LogP contribution in [0, 0.1) is 0 Å². The number of quaternary nitrogens is 1. The van der Waals surface area contributed by atoms with E-state index in [1.54, 1.807) is 19.1 Å². The second kappa shape index (κ2) is 5.41. The number of likely N-dealkylation sites (N-methyl/N-ethyl adjacent to an activating group) is 1. The Labute approximate surface area is 103 Å². The summed E-state index contributed by atoms with van der Waals surface area (Å²) >= 11 is 0. The van der Waals surface area contributed by atoms with Gasteiger partial charge in [0.2, 0.25) is 0 Å². The van der Waals surface area contributed by atoms with Crippen LogP contribution in [0.2, 0.25) is 0 Å². The summed E-state index contributed by atoms with van der Waals surface area (Å²) in [4.78, 5) is 1.55. The van der Waals surface area contributed by atoms with Crippen molar-refractivity contribution >= 4 is 0 Å². The molecule has 16 heavy (non-hydrogen) atoms. The van der Waals surface area contributed by atoms with Gasteiger partial charge in [-0.1, -0.05) is 0 Å². The van der Waals surface area contributed by atoms with Crippen molar-refractivity contribution in [3.05, 3.63) is 23.3 Å². The number of halogens is 1. The number of hydrogen-bond acceptors (Lipinski definition) is 2. The molecule has 0 aliphatic carbocycles. The second-order valence-corrected chi connectivity index (χ2v) is 4.07. The molecule has 90 valence electrons. The third-order valence-corrected chi connectivity index (χ3v) is 3.04. The van der Waals surface area contributed by atoms with Crippen LogP contribution in [0.25, 0.3) is 0 Å². The summed E-state index contributed by atoms with van der Waals surface area (Å²) in [6.07, 6.45) is 1.07. The molecule has 0 saturated heterocycles. The molecule has 1 aliphatic heterocycles. The normalized spacial score (nSPS) is 18.3. The summed E-state index contributed by atoms with van der Waals surface area (Å²) in [5.41, 5.74) is 2.71. The molecule has 0 aromatic heterocycles. The van der Waals surface area contributed by atoms with Gasteiger partial charge in [-0.05, 0) is 12.1 Å². The summed E-state index contributed by atoms with van der Waals surface area (Å²) in [5, 5.41) is 0. The van der Waals surface area contributed by atoms with Crippen LogP contribution in [0.3, 0.4) is 0 Å². The first-order valence-electron chi connectivity index (χ1n) is 5.30. The fourth-order valence-corrected chi connectivity index (χ4v) is 2.22. The van der Waals surface area contributed by atoms with Gasteiger partial charge in [0.1, 0.15) is 6.54 Å². The monoisotopic (exact) mass is 243 g/mol. The Morgan fingerprint density at radius 2 is 1.94 bits per heavy atom. The summed E-state index contributed by atoms with van der Waals surface area (Å²) in [7, 11) is 5.62. The minimum absolute atomic E-state index is 0. The van der Waals surface area contributed by atoms with E-state index in [-0.39, 0.29) is 12.4 Å². The van der Waals surface area contributed by atoms with Crippen molar-refractivity contribution < 1.29 is 26.8 Å². The van der Waals surface area contributed by atoms with Crippen molar-refractivity contribution in [3.63, 3.8) is 0 Å². The van der Waals surface area contributed by atoms with Crippen LogP contribution in [-0.2, 0) is 13.0 Å². The smallest absolute Gasteiger partial charge is 0.164 e. The largest absolute Gasteiger partial charge is 1.00 e. The first kappa shape index (κ1) is 13.1. The lowest BCUT2D eigenvalue weighted by Crippen LogP contribution is -3.08. The Morgan fingerprint density at radius 3 is 2.56 bits per heavy atom. The van der Waals surface area contributed by atoms with Gasteiger partial charge in [-0.2, -0.15) is 0 Å². The van der Waals surface area contributed by atoms with E-state index in [9.17, 15) is 0 Å². The van der Waals surface area contributed by atoms with Gasteiger partial charge in [-0.3, -0.25) is 0 Å². The van der Waals surface area contributed by atoms with Gasteiger partial charge in [0.15, 0.2) is 11.5 Å². The summed E-state index contributed by atoms with van der Waals surface area (Å²) in [6.45, 7) is 2.24. The fraction of sp³-hybridized carbons (Fsp3) is 0.500. The number of nitrogens with one attached hydrogen (secondary N) is 1. The molecule has 2 rings (SSSR count). The third kappa shape index (κ3) is 2.25. The predicted molar refractivity (Wildman–Crippen MR) is 58.7 cm³/mol. The number of hydrogen-bond donors (Lipinski definition) is 1. The first-order valence-corrected chi connectivity index (χ1v) is 5.30. The Bertz CT molecular complexity index is 368. The molecule has 0 spiro atoms. The minimum Gasteiger partial charge on any atom is -1.00 e. The first-order chi connectivity index (χ1) is 7.26. The summed E-state index contributed by atoms with van der Waals surface area (Å²) in [5.74, 6) is 1.76. The van der Waals surface area contributed by atoms with Gasteiger partial charge < -0.3 is 26.8 Å². The lowest BCUT2D eigenvalue weighted by Gasteiger charge is -2.24. The molecular formula is C12H18ClNO2. The molecule has 1 unspecified atom stereocenters. The number of methoxy groups -OCH3 is 2. The maximum atomic E-state index is 5.44.